The third kappa shape index (κ3) is 16.2. The molecular formula is C12H28IN3O2S. The van der Waals surface area contributed by atoms with E-state index in [9.17, 15) is 0 Å². The first-order chi connectivity index (χ1) is 8.85. The molecule has 116 valence electrons. The number of thioether (sulfide) groups is 1. The Morgan fingerprint density at radius 3 is 2.37 bits per heavy atom. The largest absolute Gasteiger partial charge is 0.382 e. The van der Waals surface area contributed by atoms with Gasteiger partial charge >= 0.3 is 0 Å². The first-order valence-corrected chi connectivity index (χ1v) is 7.74. The maximum atomic E-state index is 5.37. The van der Waals surface area contributed by atoms with Crippen LogP contribution in [-0.4, -0.2) is 65.0 Å². The molecule has 0 bridgehead atoms. The normalized spacial score (nSPS) is 11.0. The van der Waals surface area contributed by atoms with Crippen LogP contribution in [0.2, 0.25) is 0 Å². The predicted molar refractivity (Wildman–Crippen MR) is 95.1 cm³/mol. The quantitative estimate of drug-likeness (QED) is 0.237. The van der Waals surface area contributed by atoms with Gasteiger partial charge in [-0.2, -0.15) is 11.8 Å². The molecule has 7 heteroatoms. The van der Waals surface area contributed by atoms with Gasteiger partial charge in [-0.1, -0.05) is 0 Å². The number of nitrogens with one attached hydrogen (secondary N) is 2. The van der Waals surface area contributed by atoms with Gasteiger partial charge in [-0.25, -0.2) is 0 Å². The molecule has 0 aromatic heterocycles. The van der Waals surface area contributed by atoms with Crippen molar-refractivity contribution in [1.29, 1.82) is 0 Å². The molecule has 0 fully saturated rings. The van der Waals surface area contributed by atoms with E-state index < -0.39 is 0 Å². The molecule has 5 nitrogen and oxygen atoms in total. The highest BCUT2D eigenvalue weighted by Gasteiger charge is 1.96. The number of ether oxygens (including phenoxy) is 2. The Morgan fingerprint density at radius 1 is 1.11 bits per heavy atom. The van der Waals surface area contributed by atoms with E-state index in [1.807, 2.05) is 11.8 Å². The minimum absolute atomic E-state index is 0. The van der Waals surface area contributed by atoms with Crippen LogP contribution in [0.5, 0.6) is 0 Å². The number of hydrogen-bond acceptors (Lipinski definition) is 4. The lowest BCUT2D eigenvalue weighted by Crippen LogP contribution is -2.38. The highest BCUT2D eigenvalue weighted by atomic mass is 127. The standard InChI is InChI=1S/C12H27N3O2S.HI/c1-13-12(15-7-5-11-18-3)14-6-4-8-17-10-9-16-2;/h4-11H2,1-3H3,(H2,13,14,15);1H. The van der Waals surface area contributed by atoms with Gasteiger partial charge in [0.05, 0.1) is 13.2 Å². The number of hydrogen-bond donors (Lipinski definition) is 2. The Morgan fingerprint density at radius 2 is 1.79 bits per heavy atom. The summed E-state index contributed by atoms with van der Waals surface area (Å²) >= 11 is 1.86. The first kappa shape index (κ1) is 21.6. The molecule has 0 spiro atoms. The van der Waals surface area contributed by atoms with Crippen LogP contribution in [0.4, 0.5) is 0 Å². The summed E-state index contributed by atoms with van der Waals surface area (Å²) in [6.45, 7) is 3.91. The Kier molecular flexibility index (Phi) is 20.7. The summed E-state index contributed by atoms with van der Waals surface area (Å²) in [5.74, 6) is 2.05. The summed E-state index contributed by atoms with van der Waals surface area (Å²) < 4.78 is 10.3. The lowest BCUT2D eigenvalue weighted by atomic mass is 10.4. The van der Waals surface area contributed by atoms with Crippen molar-refractivity contribution in [3.8, 4) is 0 Å². The summed E-state index contributed by atoms with van der Waals surface area (Å²) in [4.78, 5) is 4.16. The second-order valence-corrected chi connectivity index (χ2v) is 4.72. The minimum atomic E-state index is 0. The molecule has 0 saturated carbocycles. The molecule has 0 saturated heterocycles. The van der Waals surface area contributed by atoms with E-state index in [0.29, 0.717) is 13.2 Å². The molecule has 0 aliphatic heterocycles. The third-order valence-electron chi connectivity index (χ3n) is 2.23. The maximum Gasteiger partial charge on any atom is 0.190 e. The number of rotatable bonds is 11. The average Bonchev–Trinajstić information content (AvgIpc) is 2.40. The van der Waals surface area contributed by atoms with E-state index in [1.165, 1.54) is 5.75 Å². The minimum Gasteiger partial charge on any atom is -0.382 e. The summed E-state index contributed by atoms with van der Waals surface area (Å²) in [5, 5.41) is 6.54. The molecule has 19 heavy (non-hydrogen) atoms. The zero-order valence-corrected chi connectivity index (χ0v) is 15.4. The maximum absolute atomic E-state index is 5.37. The van der Waals surface area contributed by atoms with E-state index in [1.54, 1.807) is 14.2 Å². The first-order valence-electron chi connectivity index (χ1n) is 6.35. The molecule has 0 aromatic carbocycles. The SMILES string of the molecule is CN=C(NCCCOCCOC)NCCCSC.I. The molecule has 0 rings (SSSR count). The van der Waals surface area contributed by atoms with Crippen molar-refractivity contribution in [2.45, 2.75) is 12.8 Å². The average molecular weight is 405 g/mol. The molecular weight excluding hydrogens is 377 g/mol. The number of methoxy groups -OCH3 is 1. The van der Waals surface area contributed by atoms with Gasteiger partial charge in [-0.3, -0.25) is 4.99 Å². The number of guanidine groups is 1. The molecule has 0 aliphatic rings. The Hall–Kier alpha value is 0.270. The predicted octanol–water partition coefficient (Wildman–Crippen LogP) is 1.58. The molecule has 0 heterocycles. The van der Waals surface area contributed by atoms with Gasteiger partial charge in [0.25, 0.3) is 0 Å². The van der Waals surface area contributed by atoms with Crippen LogP contribution in [0, 0.1) is 0 Å². The van der Waals surface area contributed by atoms with Crippen molar-refractivity contribution in [1.82, 2.24) is 10.6 Å². The van der Waals surface area contributed by atoms with E-state index >= 15 is 0 Å². The molecule has 0 amide bonds. The fourth-order valence-corrected chi connectivity index (χ4v) is 1.70. The fraction of sp³-hybridized carbons (Fsp3) is 0.917. The molecule has 2 N–H and O–H groups in total. The van der Waals surface area contributed by atoms with Crippen molar-refractivity contribution < 1.29 is 9.47 Å². The van der Waals surface area contributed by atoms with Crippen molar-refractivity contribution >= 4 is 41.7 Å². The van der Waals surface area contributed by atoms with E-state index in [2.05, 4.69) is 21.9 Å². The molecule has 0 atom stereocenters. The summed E-state index contributed by atoms with van der Waals surface area (Å²) in [6.07, 6.45) is 4.24. The second kappa shape index (κ2) is 18.3. The van der Waals surface area contributed by atoms with Gasteiger partial charge in [-0.05, 0) is 24.9 Å². The number of nitrogens with zero attached hydrogens (tertiary/aromatic N) is 1. The van der Waals surface area contributed by atoms with Gasteiger partial charge in [0, 0.05) is 33.9 Å². The van der Waals surface area contributed by atoms with Crippen LogP contribution in [0.1, 0.15) is 12.8 Å². The number of halogens is 1. The van der Waals surface area contributed by atoms with Gasteiger partial charge in [0.15, 0.2) is 5.96 Å². The topological polar surface area (TPSA) is 54.9 Å². The van der Waals surface area contributed by atoms with Crippen molar-refractivity contribution in [3.05, 3.63) is 0 Å². The van der Waals surface area contributed by atoms with Crippen molar-refractivity contribution in [2.24, 2.45) is 4.99 Å². The second-order valence-electron chi connectivity index (χ2n) is 3.73. The van der Waals surface area contributed by atoms with Crippen molar-refractivity contribution in [2.75, 3.05) is 59.1 Å². The Bertz CT molecular complexity index is 209. The lowest BCUT2D eigenvalue weighted by Gasteiger charge is -2.11. The van der Waals surface area contributed by atoms with Gasteiger partial charge in [0.2, 0.25) is 0 Å². The molecule has 0 radical (unpaired) electrons. The Balaban J connectivity index is 0. The molecule has 0 aliphatic carbocycles. The lowest BCUT2D eigenvalue weighted by molar-refractivity contribution is 0.0698. The van der Waals surface area contributed by atoms with E-state index in [4.69, 9.17) is 9.47 Å². The zero-order valence-electron chi connectivity index (χ0n) is 12.2. The van der Waals surface area contributed by atoms with Crippen LogP contribution in [0.3, 0.4) is 0 Å². The van der Waals surface area contributed by atoms with Crippen molar-refractivity contribution in [3.63, 3.8) is 0 Å². The molecule has 0 unspecified atom stereocenters. The summed E-state index contributed by atoms with van der Waals surface area (Å²) in [5.41, 5.74) is 0. The third-order valence-corrected chi connectivity index (χ3v) is 2.93. The smallest absolute Gasteiger partial charge is 0.190 e. The highest BCUT2D eigenvalue weighted by Crippen LogP contribution is 1.93. The van der Waals surface area contributed by atoms with E-state index in [0.717, 1.165) is 38.5 Å². The van der Waals surface area contributed by atoms with Gasteiger partial charge in [0.1, 0.15) is 0 Å². The summed E-state index contributed by atoms with van der Waals surface area (Å²) in [7, 11) is 3.47. The van der Waals surface area contributed by atoms with Crippen LogP contribution in [0.25, 0.3) is 0 Å². The molecule has 0 aromatic rings. The van der Waals surface area contributed by atoms with Crippen LogP contribution in [0.15, 0.2) is 4.99 Å². The van der Waals surface area contributed by atoms with Gasteiger partial charge < -0.3 is 20.1 Å². The highest BCUT2D eigenvalue weighted by molar-refractivity contribution is 14.0. The monoisotopic (exact) mass is 405 g/mol. The fourth-order valence-electron chi connectivity index (χ4n) is 1.27. The zero-order chi connectivity index (χ0) is 13.5. The van der Waals surface area contributed by atoms with Gasteiger partial charge in [-0.15, -0.1) is 24.0 Å². The van der Waals surface area contributed by atoms with Crippen LogP contribution in [-0.2, 0) is 9.47 Å². The summed E-state index contributed by atoms with van der Waals surface area (Å²) in [6, 6.07) is 0. The van der Waals surface area contributed by atoms with Crippen LogP contribution >= 0.6 is 35.7 Å². The van der Waals surface area contributed by atoms with Crippen LogP contribution < -0.4 is 10.6 Å². The van der Waals surface area contributed by atoms with E-state index in [-0.39, 0.29) is 24.0 Å². The Labute approximate surface area is 138 Å². The number of aliphatic imine (C=N–C) groups is 1.